The number of thiazole rings is 1. The summed E-state index contributed by atoms with van der Waals surface area (Å²) < 4.78 is 0. The number of amides is 2. The van der Waals surface area contributed by atoms with Crippen LogP contribution in [0.5, 0.6) is 0 Å². The van der Waals surface area contributed by atoms with Gasteiger partial charge in [0.25, 0.3) is 5.91 Å². The number of rotatable bonds is 7. The zero-order valence-corrected chi connectivity index (χ0v) is 20.9. The van der Waals surface area contributed by atoms with E-state index in [-0.39, 0.29) is 17.7 Å². The number of para-hydroxylation sites is 1. The van der Waals surface area contributed by atoms with Crippen molar-refractivity contribution in [3.05, 3.63) is 107 Å². The Labute approximate surface area is 215 Å². The molecule has 1 aliphatic rings. The Morgan fingerprint density at radius 3 is 2.31 bits per heavy atom. The lowest BCUT2D eigenvalue weighted by Crippen LogP contribution is -2.38. The number of carbonyl (C=O) groups excluding carboxylic acids is 2. The van der Waals surface area contributed by atoms with Crippen LogP contribution in [0.1, 0.15) is 46.2 Å². The third kappa shape index (κ3) is 5.71. The molecule has 0 unspecified atom stereocenters. The molecular formula is C30H29N3O2S. The Bertz CT molecular complexity index is 1310. The maximum Gasteiger partial charge on any atom is 0.275 e. The summed E-state index contributed by atoms with van der Waals surface area (Å²) in [5, 5.41) is 5.86. The first kappa shape index (κ1) is 23.9. The summed E-state index contributed by atoms with van der Waals surface area (Å²) in [4.78, 5) is 32.3. The van der Waals surface area contributed by atoms with Crippen molar-refractivity contribution < 1.29 is 9.59 Å². The van der Waals surface area contributed by atoms with E-state index in [1.807, 2.05) is 83.1 Å². The molecule has 4 aromatic rings. The third-order valence-corrected chi connectivity index (χ3v) is 7.69. The second kappa shape index (κ2) is 11.3. The molecule has 3 aromatic carbocycles. The van der Waals surface area contributed by atoms with Crippen molar-refractivity contribution in [3.63, 3.8) is 0 Å². The van der Waals surface area contributed by atoms with Gasteiger partial charge in [-0.15, -0.1) is 11.3 Å². The Balaban J connectivity index is 1.16. The van der Waals surface area contributed by atoms with Gasteiger partial charge in [-0.25, -0.2) is 4.98 Å². The van der Waals surface area contributed by atoms with Crippen LogP contribution >= 0.6 is 11.3 Å². The van der Waals surface area contributed by atoms with Gasteiger partial charge < -0.3 is 10.2 Å². The fourth-order valence-corrected chi connectivity index (χ4v) is 5.63. The molecule has 0 spiro atoms. The minimum absolute atomic E-state index is 0.200. The average molecular weight is 496 g/mol. The van der Waals surface area contributed by atoms with E-state index in [1.165, 1.54) is 16.9 Å². The lowest BCUT2D eigenvalue weighted by molar-refractivity contribution is -0.132. The zero-order valence-electron chi connectivity index (χ0n) is 20.1. The molecular weight excluding hydrogens is 466 g/mol. The summed E-state index contributed by atoms with van der Waals surface area (Å²) in [6.45, 7) is 1.48. The van der Waals surface area contributed by atoms with Gasteiger partial charge in [0.05, 0.1) is 5.01 Å². The van der Waals surface area contributed by atoms with Crippen molar-refractivity contribution in [2.45, 2.75) is 31.6 Å². The van der Waals surface area contributed by atoms with Gasteiger partial charge in [0, 0.05) is 42.1 Å². The lowest BCUT2D eigenvalue weighted by atomic mass is 9.97. The molecule has 1 fully saturated rings. The van der Waals surface area contributed by atoms with Gasteiger partial charge in [-0.05, 0) is 36.5 Å². The van der Waals surface area contributed by atoms with E-state index >= 15 is 0 Å². The monoisotopic (exact) mass is 495 g/mol. The molecule has 0 bridgehead atoms. The van der Waals surface area contributed by atoms with Gasteiger partial charge in [0.1, 0.15) is 5.69 Å². The number of aromatic nitrogens is 1. The van der Waals surface area contributed by atoms with E-state index in [1.54, 1.807) is 0 Å². The smallest absolute Gasteiger partial charge is 0.275 e. The second-order valence-electron chi connectivity index (χ2n) is 9.08. The molecule has 0 radical (unpaired) electrons. The van der Waals surface area contributed by atoms with Crippen molar-refractivity contribution in [2.75, 3.05) is 18.4 Å². The Kier molecular flexibility index (Phi) is 7.52. The molecule has 0 saturated carbocycles. The predicted molar refractivity (Wildman–Crippen MR) is 145 cm³/mol. The Hall–Kier alpha value is -3.77. The molecule has 6 heteroatoms. The van der Waals surface area contributed by atoms with Gasteiger partial charge in [0.15, 0.2) is 0 Å². The van der Waals surface area contributed by atoms with Crippen LogP contribution in [0.15, 0.2) is 90.3 Å². The highest BCUT2D eigenvalue weighted by Crippen LogP contribution is 2.32. The van der Waals surface area contributed by atoms with E-state index in [2.05, 4.69) is 22.4 Å². The summed E-state index contributed by atoms with van der Waals surface area (Å²) in [7, 11) is 0. The minimum Gasteiger partial charge on any atom is -0.343 e. The van der Waals surface area contributed by atoms with Crippen molar-refractivity contribution in [2.24, 2.45) is 0 Å². The number of nitrogens with one attached hydrogen (secondary N) is 1. The van der Waals surface area contributed by atoms with Gasteiger partial charge in [-0.1, -0.05) is 78.9 Å². The quantitative estimate of drug-likeness (QED) is 0.323. The summed E-state index contributed by atoms with van der Waals surface area (Å²) >= 11 is 1.54. The van der Waals surface area contributed by atoms with Crippen LogP contribution in [0.25, 0.3) is 11.1 Å². The van der Waals surface area contributed by atoms with Gasteiger partial charge in [-0.3, -0.25) is 9.59 Å². The van der Waals surface area contributed by atoms with Crippen LogP contribution < -0.4 is 5.32 Å². The standard InChI is InChI=1S/C30H29N3O2S/c34-28(16-15-22-9-3-1-4-10-22)33-19-17-24(18-20-33)30-32-27(21-36-30)29(35)31-26-14-8-7-13-25(26)23-11-5-2-6-12-23/h1-14,21,24H,15-20H2,(H,31,35). The molecule has 1 aliphatic heterocycles. The van der Waals surface area contributed by atoms with Crippen molar-refractivity contribution in [1.82, 2.24) is 9.88 Å². The molecule has 1 aromatic heterocycles. The normalized spacial score (nSPS) is 13.9. The van der Waals surface area contributed by atoms with Crippen molar-refractivity contribution in [1.29, 1.82) is 0 Å². The van der Waals surface area contributed by atoms with Gasteiger partial charge in [0.2, 0.25) is 5.91 Å². The summed E-state index contributed by atoms with van der Waals surface area (Å²) in [6.07, 6.45) is 3.07. The van der Waals surface area contributed by atoms with E-state index in [4.69, 9.17) is 0 Å². The van der Waals surface area contributed by atoms with Gasteiger partial charge >= 0.3 is 0 Å². The van der Waals surface area contributed by atoms with Crippen molar-refractivity contribution >= 4 is 28.8 Å². The number of piperidine rings is 1. The molecule has 182 valence electrons. The van der Waals surface area contributed by atoms with Crippen LogP contribution in [0.2, 0.25) is 0 Å². The number of aryl methyl sites for hydroxylation is 1. The number of benzene rings is 3. The lowest BCUT2D eigenvalue weighted by Gasteiger charge is -2.31. The average Bonchev–Trinajstić information content (AvgIpc) is 3.44. The van der Waals surface area contributed by atoms with Crippen LogP contribution in [-0.4, -0.2) is 34.8 Å². The molecule has 2 heterocycles. The first-order valence-corrected chi connectivity index (χ1v) is 13.3. The van der Waals surface area contributed by atoms with Crippen LogP contribution in [0.3, 0.4) is 0 Å². The SMILES string of the molecule is O=C(Nc1ccccc1-c1ccccc1)c1csc(C2CCN(C(=O)CCc3ccccc3)CC2)n1. The first-order valence-electron chi connectivity index (χ1n) is 12.4. The molecule has 5 rings (SSSR count). The number of anilines is 1. The highest BCUT2D eigenvalue weighted by atomic mass is 32.1. The summed E-state index contributed by atoms with van der Waals surface area (Å²) in [5.41, 5.74) is 4.44. The maximum absolute atomic E-state index is 13.0. The van der Waals surface area contributed by atoms with E-state index < -0.39 is 0 Å². The topological polar surface area (TPSA) is 62.3 Å². The zero-order chi connectivity index (χ0) is 24.7. The summed E-state index contributed by atoms with van der Waals surface area (Å²) in [6, 6.07) is 28.0. The van der Waals surface area contributed by atoms with E-state index in [9.17, 15) is 9.59 Å². The molecule has 1 saturated heterocycles. The Morgan fingerprint density at radius 2 is 1.56 bits per heavy atom. The fourth-order valence-electron chi connectivity index (χ4n) is 4.66. The van der Waals surface area contributed by atoms with Gasteiger partial charge in [-0.2, -0.15) is 0 Å². The minimum atomic E-state index is -0.200. The first-order chi connectivity index (χ1) is 17.7. The van der Waals surface area contributed by atoms with Crippen LogP contribution in [-0.2, 0) is 11.2 Å². The highest BCUT2D eigenvalue weighted by Gasteiger charge is 2.26. The molecule has 1 N–H and O–H groups in total. The molecule has 36 heavy (non-hydrogen) atoms. The number of nitrogens with zero attached hydrogens (tertiary/aromatic N) is 2. The molecule has 2 amide bonds. The van der Waals surface area contributed by atoms with Crippen molar-refractivity contribution in [3.8, 4) is 11.1 Å². The third-order valence-electron chi connectivity index (χ3n) is 6.68. The predicted octanol–water partition coefficient (Wildman–Crippen LogP) is 6.40. The van der Waals surface area contributed by atoms with Crippen LogP contribution in [0.4, 0.5) is 5.69 Å². The highest BCUT2D eigenvalue weighted by molar-refractivity contribution is 7.10. The maximum atomic E-state index is 13.0. The number of likely N-dealkylation sites (tertiary alicyclic amines) is 1. The second-order valence-corrected chi connectivity index (χ2v) is 9.97. The number of hydrogen-bond donors (Lipinski definition) is 1. The van der Waals surface area contributed by atoms with E-state index in [0.717, 1.165) is 54.2 Å². The Morgan fingerprint density at radius 1 is 0.889 bits per heavy atom. The number of hydrogen-bond acceptors (Lipinski definition) is 4. The molecule has 0 atom stereocenters. The molecule has 5 nitrogen and oxygen atoms in total. The van der Waals surface area contributed by atoms with Crippen LogP contribution in [0, 0.1) is 0 Å². The molecule has 0 aliphatic carbocycles. The van der Waals surface area contributed by atoms with E-state index in [0.29, 0.717) is 12.1 Å². The number of carbonyl (C=O) groups is 2. The fraction of sp³-hybridized carbons (Fsp3) is 0.233. The summed E-state index contributed by atoms with van der Waals surface area (Å²) in [5.74, 6) is 0.300. The largest absolute Gasteiger partial charge is 0.343 e.